The lowest BCUT2D eigenvalue weighted by Gasteiger charge is -2.33. The minimum Gasteiger partial charge on any atom is -0.384 e. The molecule has 0 amide bonds. The van der Waals surface area contributed by atoms with E-state index in [1.807, 2.05) is 7.11 Å². The van der Waals surface area contributed by atoms with Gasteiger partial charge in [0, 0.05) is 32.0 Å². The fraction of sp³-hybridized carbons (Fsp3) is 0.625. The maximum absolute atomic E-state index is 5.26. The van der Waals surface area contributed by atoms with Crippen molar-refractivity contribution in [3.05, 3.63) is 29.8 Å². The van der Waals surface area contributed by atoms with E-state index in [1.54, 1.807) is 0 Å². The molecule has 1 aromatic rings. The highest BCUT2D eigenvalue weighted by atomic mass is 16.5. The Labute approximate surface area is 115 Å². The fourth-order valence-electron chi connectivity index (χ4n) is 3.37. The number of likely N-dealkylation sites (tertiary alicyclic amines) is 1. The second-order valence-electron chi connectivity index (χ2n) is 5.90. The lowest BCUT2D eigenvalue weighted by molar-refractivity contribution is 0.0981. The summed E-state index contributed by atoms with van der Waals surface area (Å²) in [4.78, 5) is 2.61. The van der Waals surface area contributed by atoms with Gasteiger partial charge in [0.1, 0.15) is 0 Å². The van der Waals surface area contributed by atoms with Crippen molar-refractivity contribution in [2.75, 3.05) is 38.7 Å². The molecular weight excluding hydrogens is 236 g/mol. The van der Waals surface area contributed by atoms with Gasteiger partial charge < -0.3 is 15.0 Å². The minimum absolute atomic E-state index is 0.594. The summed E-state index contributed by atoms with van der Waals surface area (Å²) in [6, 6.07) is 9.29. The molecule has 1 aromatic carbocycles. The minimum atomic E-state index is 0.594. The monoisotopic (exact) mass is 260 g/mol. The molecule has 3 heteroatoms. The third-order valence-electron chi connectivity index (χ3n) is 4.43. The third-order valence-corrected chi connectivity index (χ3v) is 4.43. The molecule has 1 fully saturated rings. The molecule has 1 atom stereocenters. The summed E-state index contributed by atoms with van der Waals surface area (Å²) in [5, 5.41) is 3.65. The van der Waals surface area contributed by atoms with E-state index < -0.39 is 0 Å². The van der Waals surface area contributed by atoms with Crippen molar-refractivity contribution in [3.8, 4) is 0 Å². The van der Waals surface area contributed by atoms with E-state index in [-0.39, 0.29) is 0 Å². The van der Waals surface area contributed by atoms with Crippen LogP contribution in [-0.4, -0.2) is 44.3 Å². The van der Waals surface area contributed by atoms with Gasteiger partial charge in [0.2, 0.25) is 0 Å². The van der Waals surface area contributed by atoms with Crippen LogP contribution in [0, 0.1) is 5.92 Å². The van der Waals surface area contributed by atoms with Crippen molar-refractivity contribution in [1.82, 2.24) is 4.90 Å². The Morgan fingerprint density at radius 3 is 2.79 bits per heavy atom. The highest BCUT2D eigenvalue weighted by Gasteiger charge is 2.25. The van der Waals surface area contributed by atoms with Gasteiger partial charge in [0.05, 0.1) is 0 Å². The molecule has 0 aromatic heterocycles. The highest BCUT2D eigenvalue weighted by Crippen LogP contribution is 2.26. The van der Waals surface area contributed by atoms with Gasteiger partial charge in [0.25, 0.3) is 0 Å². The smallest absolute Gasteiger partial charge is 0.0491 e. The SMILES string of the molecule is COCC1CCN(CC2Cc3ccccc3N2)CC1. The molecule has 2 aliphatic rings. The van der Waals surface area contributed by atoms with Gasteiger partial charge >= 0.3 is 0 Å². The second-order valence-corrected chi connectivity index (χ2v) is 5.90. The first-order valence-corrected chi connectivity index (χ1v) is 7.41. The zero-order valence-electron chi connectivity index (χ0n) is 11.8. The number of hydrogen-bond acceptors (Lipinski definition) is 3. The van der Waals surface area contributed by atoms with Crippen LogP contribution in [0.4, 0.5) is 5.69 Å². The van der Waals surface area contributed by atoms with E-state index >= 15 is 0 Å². The number of methoxy groups -OCH3 is 1. The Kier molecular flexibility index (Phi) is 4.04. The van der Waals surface area contributed by atoms with E-state index in [0.717, 1.165) is 12.5 Å². The van der Waals surface area contributed by atoms with Crippen molar-refractivity contribution in [1.29, 1.82) is 0 Å². The zero-order chi connectivity index (χ0) is 13.1. The normalized spacial score (nSPS) is 24.2. The van der Waals surface area contributed by atoms with E-state index in [4.69, 9.17) is 4.74 Å². The Hall–Kier alpha value is -1.06. The van der Waals surface area contributed by atoms with Crippen LogP contribution >= 0.6 is 0 Å². The van der Waals surface area contributed by atoms with Crippen molar-refractivity contribution < 1.29 is 4.74 Å². The maximum Gasteiger partial charge on any atom is 0.0491 e. The molecule has 3 nitrogen and oxygen atoms in total. The van der Waals surface area contributed by atoms with E-state index in [9.17, 15) is 0 Å². The second kappa shape index (κ2) is 5.93. The number of rotatable bonds is 4. The molecule has 1 unspecified atom stereocenters. The number of ether oxygens (including phenoxy) is 1. The molecule has 0 radical (unpaired) electrons. The molecule has 104 valence electrons. The molecule has 2 heterocycles. The fourth-order valence-corrected chi connectivity index (χ4v) is 3.37. The van der Waals surface area contributed by atoms with Crippen LogP contribution in [0.2, 0.25) is 0 Å². The van der Waals surface area contributed by atoms with Gasteiger partial charge in [0.15, 0.2) is 0 Å². The van der Waals surface area contributed by atoms with Crippen LogP contribution < -0.4 is 5.32 Å². The first-order valence-electron chi connectivity index (χ1n) is 7.41. The zero-order valence-corrected chi connectivity index (χ0v) is 11.8. The molecule has 2 aliphatic heterocycles. The topological polar surface area (TPSA) is 24.5 Å². The van der Waals surface area contributed by atoms with Crippen LogP contribution in [0.1, 0.15) is 18.4 Å². The summed E-state index contributed by atoms with van der Waals surface area (Å²) in [5.41, 5.74) is 2.81. The Morgan fingerprint density at radius 1 is 1.26 bits per heavy atom. The summed E-state index contributed by atoms with van der Waals surface area (Å²) in [5.74, 6) is 0.773. The number of nitrogens with zero attached hydrogens (tertiary/aromatic N) is 1. The standard InChI is InChI=1S/C16H24N2O/c1-19-12-13-6-8-18(9-7-13)11-15-10-14-4-2-3-5-16(14)17-15/h2-5,13,15,17H,6-12H2,1H3. The molecule has 19 heavy (non-hydrogen) atoms. The predicted molar refractivity (Wildman–Crippen MR) is 78.6 cm³/mol. The van der Waals surface area contributed by atoms with Gasteiger partial charge in [-0.05, 0) is 49.9 Å². The Balaban J connectivity index is 1.47. The Morgan fingerprint density at radius 2 is 2.05 bits per heavy atom. The molecule has 0 saturated carbocycles. The summed E-state index contributed by atoms with van der Waals surface area (Å²) >= 11 is 0. The van der Waals surface area contributed by atoms with Crippen molar-refractivity contribution in [3.63, 3.8) is 0 Å². The lowest BCUT2D eigenvalue weighted by Crippen LogP contribution is -2.41. The summed E-state index contributed by atoms with van der Waals surface area (Å²) < 4.78 is 5.26. The average Bonchev–Trinajstić information content (AvgIpc) is 2.83. The van der Waals surface area contributed by atoms with Gasteiger partial charge in [-0.3, -0.25) is 0 Å². The van der Waals surface area contributed by atoms with Crippen LogP contribution in [0.25, 0.3) is 0 Å². The first kappa shape index (κ1) is 12.9. The quantitative estimate of drug-likeness (QED) is 0.899. The predicted octanol–water partition coefficient (Wildman–Crippen LogP) is 2.38. The number of nitrogens with one attached hydrogen (secondary N) is 1. The van der Waals surface area contributed by atoms with Crippen molar-refractivity contribution >= 4 is 5.69 Å². The van der Waals surface area contributed by atoms with Crippen molar-refractivity contribution in [2.45, 2.75) is 25.3 Å². The van der Waals surface area contributed by atoms with Crippen LogP contribution in [-0.2, 0) is 11.2 Å². The van der Waals surface area contributed by atoms with Gasteiger partial charge in [-0.1, -0.05) is 18.2 Å². The highest BCUT2D eigenvalue weighted by molar-refractivity contribution is 5.56. The van der Waals surface area contributed by atoms with Gasteiger partial charge in [-0.15, -0.1) is 0 Å². The number of fused-ring (bicyclic) bond motifs is 1. The number of para-hydroxylation sites is 1. The van der Waals surface area contributed by atoms with E-state index in [1.165, 1.54) is 50.1 Å². The number of piperidine rings is 1. The summed E-state index contributed by atoms with van der Waals surface area (Å²) in [6.45, 7) is 4.56. The number of anilines is 1. The third kappa shape index (κ3) is 3.10. The van der Waals surface area contributed by atoms with Crippen molar-refractivity contribution in [2.24, 2.45) is 5.92 Å². The molecule has 0 aliphatic carbocycles. The Bertz CT molecular complexity index is 388. The average molecular weight is 260 g/mol. The molecule has 0 spiro atoms. The van der Waals surface area contributed by atoms with Crippen LogP contribution in [0.15, 0.2) is 24.3 Å². The summed E-state index contributed by atoms with van der Waals surface area (Å²) in [7, 11) is 1.81. The maximum atomic E-state index is 5.26. The van der Waals surface area contributed by atoms with Crippen LogP contribution in [0.5, 0.6) is 0 Å². The van der Waals surface area contributed by atoms with E-state index in [2.05, 4.69) is 34.5 Å². The molecule has 3 rings (SSSR count). The van der Waals surface area contributed by atoms with E-state index in [0.29, 0.717) is 6.04 Å². The van der Waals surface area contributed by atoms with Gasteiger partial charge in [-0.25, -0.2) is 0 Å². The molecule has 0 bridgehead atoms. The molecular formula is C16H24N2O. The molecule has 1 saturated heterocycles. The van der Waals surface area contributed by atoms with Gasteiger partial charge in [-0.2, -0.15) is 0 Å². The molecule has 1 N–H and O–H groups in total. The largest absolute Gasteiger partial charge is 0.384 e. The lowest BCUT2D eigenvalue weighted by atomic mass is 9.97. The summed E-state index contributed by atoms with van der Waals surface area (Å²) in [6.07, 6.45) is 3.75. The van der Waals surface area contributed by atoms with Crippen LogP contribution in [0.3, 0.4) is 0 Å². The number of hydrogen-bond donors (Lipinski definition) is 1. The first-order chi connectivity index (χ1) is 9.35. The number of benzene rings is 1.